The molecule has 0 spiro atoms. The second-order valence-electron chi connectivity index (χ2n) is 4.59. The second kappa shape index (κ2) is 5.90. The summed E-state index contributed by atoms with van der Waals surface area (Å²) in [6.07, 6.45) is 0.586. The first-order chi connectivity index (χ1) is 7.52. The molecule has 1 aromatic rings. The van der Waals surface area contributed by atoms with Crippen LogP contribution >= 0.6 is 0 Å². The third-order valence-electron chi connectivity index (χ3n) is 2.92. The summed E-state index contributed by atoms with van der Waals surface area (Å²) < 4.78 is 5.60. The smallest absolute Gasteiger partial charge is 0.119 e. The van der Waals surface area contributed by atoms with Crippen LogP contribution in [0.3, 0.4) is 0 Å². The third kappa shape index (κ3) is 3.86. The van der Waals surface area contributed by atoms with Crippen LogP contribution in [0.2, 0.25) is 0 Å². The third-order valence-corrected chi connectivity index (χ3v) is 2.92. The highest BCUT2D eigenvalue weighted by atomic mass is 16.5. The van der Waals surface area contributed by atoms with E-state index in [-0.39, 0.29) is 12.0 Å². The van der Waals surface area contributed by atoms with Gasteiger partial charge in [-0.3, -0.25) is 0 Å². The van der Waals surface area contributed by atoms with Crippen LogP contribution in [0.4, 0.5) is 0 Å². The second-order valence-corrected chi connectivity index (χ2v) is 4.59. The molecular weight excluding hydrogens is 200 g/mol. The fourth-order valence-electron chi connectivity index (χ4n) is 1.63. The van der Waals surface area contributed by atoms with Crippen LogP contribution in [0.1, 0.15) is 31.4 Å². The van der Waals surface area contributed by atoms with Gasteiger partial charge in [-0.15, -0.1) is 0 Å². The number of aliphatic hydroxyl groups is 1. The summed E-state index contributed by atoms with van der Waals surface area (Å²) in [6.45, 7) is 8.58. The van der Waals surface area contributed by atoms with Crippen molar-refractivity contribution in [1.29, 1.82) is 0 Å². The lowest BCUT2D eigenvalue weighted by molar-refractivity contribution is 0.0621. The largest absolute Gasteiger partial charge is 0.491 e. The van der Waals surface area contributed by atoms with Gasteiger partial charge in [0, 0.05) is 0 Å². The van der Waals surface area contributed by atoms with Gasteiger partial charge in [-0.2, -0.15) is 0 Å². The summed E-state index contributed by atoms with van der Waals surface area (Å²) in [6, 6.07) is 6.10. The van der Waals surface area contributed by atoms with E-state index in [2.05, 4.69) is 13.0 Å². The van der Waals surface area contributed by atoms with E-state index in [1.165, 1.54) is 11.1 Å². The maximum atomic E-state index is 9.79. The normalized spacial score (nSPS) is 14.6. The Balaban J connectivity index is 2.54. The van der Waals surface area contributed by atoms with Crippen molar-refractivity contribution >= 4 is 0 Å². The summed E-state index contributed by atoms with van der Waals surface area (Å²) in [7, 11) is 0. The quantitative estimate of drug-likeness (QED) is 0.829. The maximum Gasteiger partial charge on any atom is 0.119 e. The first kappa shape index (κ1) is 13.0. The van der Waals surface area contributed by atoms with Crippen molar-refractivity contribution in [3.05, 3.63) is 29.3 Å². The Morgan fingerprint density at radius 3 is 2.25 bits per heavy atom. The van der Waals surface area contributed by atoms with E-state index in [4.69, 9.17) is 4.74 Å². The molecule has 0 fully saturated rings. The van der Waals surface area contributed by atoms with Crippen LogP contribution in [0.25, 0.3) is 0 Å². The highest BCUT2D eigenvalue weighted by Gasteiger charge is 2.12. The molecule has 1 N–H and O–H groups in total. The topological polar surface area (TPSA) is 29.5 Å². The van der Waals surface area contributed by atoms with Crippen molar-refractivity contribution in [2.75, 3.05) is 6.61 Å². The molecule has 0 aliphatic carbocycles. The van der Waals surface area contributed by atoms with Gasteiger partial charge in [0.25, 0.3) is 0 Å². The lowest BCUT2D eigenvalue weighted by Crippen LogP contribution is -2.24. The Morgan fingerprint density at radius 1 is 1.19 bits per heavy atom. The van der Waals surface area contributed by atoms with Gasteiger partial charge in [0.15, 0.2) is 0 Å². The fraction of sp³-hybridized carbons (Fsp3) is 0.571. The highest BCUT2D eigenvalue weighted by Crippen LogP contribution is 2.17. The minimum Gasteiger partial charge on any atom is -0.491 e. The van der Waals surface area contributed by atoms with E-state index >= 15 is 0 Å². The van der Waals surface area contributed by atoms with Gasteiger partial charge in [0.05, 0.1) is 6.10 Å². The van der Waals surface area contributed by atoms with Gasteiger partial charge in [-0.05, 0) is 43.0 Å². The molecule has 0 aliphatic heterocycles. The summed E-state index contributed by atoms with van der Waals surface area (Å²) in [5, 5.41) is 9.79. The Kier molecular flexibility index (Phi) is 4.81. The number of rotatable bonds is 5. The molecule has 0 heterocycles. The van der Waals surface area contributed by atoms with Crippen molar-refractivity contribution in [3.63, 3.8) is 0 Å². The van der Waals surface area contributed by atoms with E-state index in [1.54, 1.807) is 0 Å². The predicted molar refractivity (Wildman–Crippen MR) is 66.9 cm³/mol. The van der Waals surface area contributed by atoms with Crippen LogP contribution in [0.5, 0.6) is 5.75 Å². The molecule has 2 nitrogen and oxygen atoms in total. The van der Waals surface area contributed by atoms with Crippen LogP contribution in [-0.2, 0) is 0 Å². The number of benzene rings is 1. The molecule has 0 radical (unpaired) electrons. The van der Waals surface area contributed by atoms with Crippen LogP contribution in [-0.4, -0.2) is 17.8 Å². The predicted octanol–water partition coefficient (Wildman–Crippen LogP) is 3.09. The zero-order valence-electron chi connectivity index (χ0n) is 10.7. The minimum atomic E-state index is -0.384. The van der Waals surface area contributed by atoms with Gasteiger partial charge in [0.2, 0.25) is 0 Å². The Bertz CT molecular complexity index is 313. The summed E-state index contributed by atoms with van der Waals surface area (Å²) in [5.74, 6) is 1.13. The van der Waals surface area contributed by atoms with Crippen molar-refractivity contribution < 1.29 is 9.84 Å². The number of aliphatic hydroxyl groups excluding tert-OH is 1. The van der Waals surface area contributed by atoms with Crippen molar-refractivity contribution in [3.8, 4) is 5.75 Å². The molecule has 0 aromatic heterocycles. The van der Waals surface area contributed by atoms with Crippen molar-refractivity contribution in [2.24, 2.45) is 5.92 Å². The van der Waals surface area contributed by atoms with Gasteiger partial charge in [-0.25, -0.2) is 0 Å². The number of hydrogen-bond acceptors (Lipinski definition) is 2. The zero-order chi connectivity index (χ0) is 12.1. The Hall–Kier alpha value is -1.02. The Morgan fingerprint density at radius 2 is 1.75 bits per heavy atom. The molecule has 0 aliphatic rings. The molecule has 2 atom stereocenters. The molecule has 0 bridgehead atoms. The molecule has 2 unspecified atom stereocenters. The van der Waals surface area contributed by atoms with E-state index in [9.17, 15) is 5.11 Å². The molecule has 0 saturated carbocycles. The lowest BCUT2D eigenvalue weighted by atomic mass is 10.0. The van der Waals surface area contributed by atoms with Crippen LogP contribution < -0.4 is 4.74 Å². The van der Waals surface area contributed by atoms with Crippen molar-refractivity contribution in [2.45, 2.75) is 40.2 Å². The van der Waals surface area contributed by atoms with E-state index in [0.29, 0.717) is 6.61 Å². The maximum absolute atomic E-state index is 9.79. The average molecular weight is 222 g/mol. The van der Waals surface area contributed by atoms with Crippen LogP contribution in [0.15, 0.2) is 18.2 Å². The van der Waals surface area contributed by atoms with Gasteiger partial charge >= 0.3 is 0 Å². The summed E-state index contributed by atoms with van der Waals surface area (Å²) >= 11 is 0. The fourth-order valence-corrected chi connectivity index (χ4v) is 1.63. The van der Waals surface area contributed by atoms with Crippen LogP contribution in [0, 0.1) is 19.8 Å². The molecule has 1 rings (SSSR count). The minimum absolute atomic E-state index is 0.283. The lowest BCUT2D eigenvalue weighted by Gasteiger charge is -2.18. The molecule has 16 heavy (non-hydrogen) atoms. The van der Waals surface area contributed by atoms with Gasteiger partial charge in [-0.1, -0.05) is 26.3 Å². The molecule has 0 saturated heterocycles. The SMILES string of the molecule is CCC(C)C(O)COc1cc(C)cc(C)c1. The van der Waals surface area contributed by atoms with Gasteiger partial charge < -0.3 is 9.84 Å². The van der Waals surface area contributed by atoms with Gasteiger partial charge in [0.1, 0.15) is 12.4 Å². The molecule has 2 heteroatoms. The number of ether oxygens (including phenoxy) is 1. The first-order valence-electron chi connectivity index (χ1n) is 5.92. The highest BCUT2D eigenvalue weighted by molar-refractivity contribution is 5.32. The summed E-state index contributed by atoms with van der Waals surface area (Å²) in [4.78, 5) is 0. The summed E-state index contributed by atoms with van der Waals surface area (Å²) in [5.41, 5.74) is 2.38. The molecule has 0 amide bonds. The van der Waals surface area contributed by atoms with E-state index in [1.807, 2.05) is 32.9 Å². The van der Waals surface area contributed by atoms with Crippen molar-refractivity contribution in [1.82, 2.24) is 0 Å². The average Bonchev–Trinajstić information content (AvgIpc) is 2.23. The monoisotopic (exact) mass is 222 g/mol. The molecule has 1 aromatic carbocycles. The Labute approximate surface area is 98.3 Å². The zero-order valence-corrected chi connectivity index (χ0v) is 10.7. The number of aryl methyl sites for hydroxylation is 2. The molecular formula is C14H22O2. The standard InChI is InChI=1S/C14H22O2/c1-5-12(4)14(15)9-16-13-7-10(2)6-11(3)8-13/h6-8,12,14-15H,5,9H2,1-4H3. The molecule has 90 valence electrons. The number of hydrogen-bond donors (Lipinski definition) is 1. The van der Waals surface area contributed by atoms with E-state index in [0.717, 1.165) is 12.2 Å². The first-order valence-corrected chi connectivity index (χ1v) is 5.92. The van der Waals surface area contributed by atoms with E-state index < -0.39 is 0 Å².